The Balaban J connectivity index is 2.58. The van der Waals surface area contributed by atoms with Crippen LogP contribution in [-0.4, -0.2) is 33.2 Å². The SMILES string of the molecule is CCNC(=NCc1cccc(F)c1)NCCS(N)(=O)=O. The van der Waals surface area contributed by atoms with E-state index in [1.165, 1.54) is 12.1 Å². The number of halogens is 1. The van der Waals surface area contributed by atoms with Crippen LogP contribution in [0.4, 0.5) is 4.39 Å². The first-order valence-electron chi connectivity index (χ1n) is 6.18. The molecule has 1 aromatic carbocycles. The number of hydrogen-bond donors (Lipinski definition) is 3. The minimum Gasteiger partial charge on any atom is -0.357 e. The van der Waals surface area contributed by atoms with Gasteiger partial charge in [-0.1, -0.05) is 12.1 Å². The van der Waals surface area contributed by atoms with E-state index in [-0.39, 0.29) is 18.1 Å². The second-order valence-electron chi connectivity index (χ2n) is 4.12. The molecule has 0 aliphatic carbocycles. The van der Waals surface area contributed by atoms with Crippen LogP contribution in [0.2, 0.25) is 0 Å². The Morgan fingerprint density at radius 1 is 1.40 bits per heavy atom. The first-order valence-corrected chi connectivity index (χ1v) is 7.89. The normalized spacial score (nSPS) is 12.2. The maximum atomic E-state index is 13.0. The zero-order valence-electron chi connectivity index (χ0n) is 11.3. The van der Waals surface area contributed by atoms with E-state index in [0.717, 1.165) is 5.56 Å². The van der Waals surface area contributed by atoms with Gasteiger partial charge < -0.3 is 10.6 Å². The molecule has 0 fully saturated rings. The maximum absolute atomic E-state index is 13.0. The van der Waals surface area contributed by atoms with E-state index in [1.807, 2.05) is 6.92 Å². The summed E-state index contributed by atoms with van der Waals surface area (Å²) < 4.78 is 34.7. The fourth-order valence-electron chi connectivity index (χ4n) is 1.46. The Morgan fingerprint density at radius 2 is 2.15 bits per heavy atom. The molecule has 20 heavy (non-hydrogen) atoms. The third kappa shape index (κ3) is 7.05. The largest absolute Gasteiger partial charge is 0.357 e. The van der Waals surface area contributed by atoms with Crippen LogP contribution in [0.5, 0.6) is 0 Å². The van der Waals surface area contributed by atoms with Gasteiger partial charge in [0.25, 0.3) is 0 Å². The number of hydrogen-bond acceptors (Lipinski definition) is 3. The second kappa shape index (κ2) is 7.81. The monoisotopic (exact) mass is 302 g/mol. The summed E-state index contributed by atoms with van der Waals surface area (Å²) in [6, 6.07) is 6.14. The van der Waals surface area contributed by atoms with E-state index < -0.39 is 10.0 Å². The Hall–Kier alpha value is -1.67. The zero-order chi connectivity index (χ0) is 15.0. The predicted octanol–water partition coefficient (Wildman–Crippen LogP) is 0.169. The van der Waals surface area contributed by atoms with Crippen LogP contribution in [0.1, 0.15) is 12.5 Å². The van der Waals surface area contributed by atoms with Gasteiger partial charge in [-0.2, -0.15) is 0 Å². The van der Waals surface area contributed by atoms with Crippen LogP contribution in [0.15, 0.2) is 29.3 Å². The van der Waals surface area contributed by atoms with Crippen molar-refractivity contribution >= 4 is 16.0 Å². The van der Waals surface area contributed by atoms with Crippen LogP contribution in [0.3, 0.4) is 0 Å². The molecule has 0 aliphatic rings. The zero-order valence-corrected chi connectivity index (χ0v) is 12.1. The summed E-state index contributed by atoms with van der Waals surface area (Å²) in [5.41, 5.74) is 0.730. The molecule has 0 saturated heterocycles. The molecule has 0 heterocycles. The molecule has 0 unspecified atom stereocenters. The summed E-state index contributed by atoms with van der Waals surface area (Å²) >= 11 is 0. The molecule has 0 amide bonds. The molecule has 0 atom stereocenters. The van der Waals surface area contributed by atoms with Crippen molar-refractivity contribution in [3.05, 3.63) is 35.6 Å². The third-order valence-corrected chi connectivity index (χ3v) is 3.11. The quantitative estimate of drug-likeness (QED) is 0.515. The standard InChI is InChI=1S/C12H19FN4O2S/c1-2-15-12(16-6-7-20(14,18)19)17-9-10-4-3-5-11(13)8-10/h3-5,8H,2,6-7,9H2,1H3,(H2,14,18,19)(H2,15,16,17). The van der Waals surface area contributed by atoms with Crippen LogP contribution < -0.4 is 15.8 Å². The molecule has 4 N–H and O–H groups in total. The summed E-state index contributed by atoms with van der Waals surface area (Å²) in [6.45, 7) is 2.97. The molecule has 0 spiro atoms. The fraction of sp³-hybridized carbons (Fsp3) is 0.417. The number of aliphatic imine (C=N–C) groups is 1. The first-order chi connectivity index (χ1) is 9.40. The number of benzene rings is 1. The highest BCUT2D eigenvalue weighted by atomic mass is 32.2. The lowest BCUT2D eigenvalue weighted by atomic mass is 10.2. The molecule has 1 aromatic rings. The lowest BCUT2D eigenvalue weighted by Crippen LogP contribution is -2.40. The predicted molar refractivity (Wildman–Crippen MR) is 77.2 cm³/mol. The van der Waals surface area contributed by atoms with Crippen LogP contribution in [0, 0.1) is 5.82 Å². The van der Waals surface area contributed by atoms with Gasteiger partial charge in [-0.05, 0) is 24.6 Å². The number of primary sulfonamides is 1. The number of rotatable bonds is 6. The average Bonchev–Trinajstić information content (AvgIpc) is 2.34. The van der Waals surface area contributed by atoms with Crippen molar-refractivity contribution in [1.82, 2.24) is 10.6 Å². The number of nitrogens with two attached hydrogens (primary N) is 1. The highest BCUT2D eigenvalue weighted by Gasteiger charge is 2.03. The van der Waals surface area contributed by atoms with E-state index in [2.05, 4.69) is 15.6 Å². The summed E-state index contributed by atoms with van der Waals surface area (Å²) in [4.78, 5) is 4.24. The molecule has 0 saturated carbocycles. The summed E-state index contributed by atoms with van der Waals surface area (Å²) in [5, 5.41) is 10.7. The number of guanidine groups is 1. The van der Waals surface area contributed by atoms with E-state index in [9.17, 15) is 12.8 Å². The molecular formula is C12H19FN4O2S. The molecule has 112 valence electrons. The van der Waals surface area contributed by atoms with Gasteiger partial charge >= 0.3 is 0 Å². The van der Waals surface area contributed by atoms with Gasteiger partial charge in [-0.3, -0.25) is 0 Å². The van der Waals surface area contributed by atoms with Crippen LogP contribution in [-0.2, 0) is 16.6 Å². The van der Waals surface area contributed by atoms with Crippen LogP contribution >= 0.6 is 0 Å². The summed E-state index contributed by atoms with van der Waals surface area (Å²) in [5.74, 6) is -0.0394. The Bertz CT molecular complexity index is 560. The minimum absolute atomic E-state index is 0.161. The topological polar surface area (TPSA) is 96.6 Å². The van der Waals surface area contributed by atoms with Crippen molar-refractivity contribution in [2.75, 3.05) is 18.8 Å². The van der Waals surface area contributed by atoms with Gasteiger partial charge in [0.2, 0.25) is 10.0 Å². The molecule has 0 aromatic heterocycles. The van der Waals surface area contributed by atoms with E-state index in [0.29, 0.717) is 19.0 Å². The van der Waals surface area contributed by atoms with E-state index in [1.54, 1.807) is 12.1 Å². The molecule has 0 bridgehead atoms. The van der Waals surface area contributed by atoms with Gasteiger partial charge in [-0.15, -0.1) is 0 Å². The van der Waals surface area contributed by atoms with Gasteiger partial charge in [0.1, 0.15) is 5.82 Å². The molecule has 6 nitrogen and oxygen atoms in total. The van der Waals surface area contributed by atoms with Crippen molar-refractivity contribution in [3.8, 4) is 0 Å². The Labute approximate surface area is 118 Å². The average molecular weight is 302 g/mol. The lowest BCUT2D eigenvalue weighted by Gasteiger charge is -2.10. The van der Waals surface area contributed by atoms with Crippen LogP contribution in [0.25, 0.3) is 0 Å². The Morgan fingerprint density at radius 3 is 2.75 bits per heavy atom. The second-order valence-corrected chi connectivity index (χ2v) is 5.85. The molecule has 8 heteroatoms. The van der Waals surface area contributed by atoms with Crippen molar-refractivity contribution in [2.24, 2.45) is 10.1 Å². The van der Waals surface area contributed by atoms with Gasteiger partial charge in [0, 0.05) is 13.1 Å². The van der Waals surface area contributed by atoms with E-state index >= 15 is 0 Å². The van der Waals surface area contributed by atoms with Crippen molar-refractivity contribution in [1.29, 1.82) is 0 Å². The summed E-state index contributed by atoms with van der Waals surface area (Å²) in [7, 11) is -3.50. The minimum atomic E-state index is -3.50. The van der Waals surface area contributed by atoms with Gasteiger partial charge in [0.15, 0.2) is 5.96 Å². The number of sulfonamides is 1. The highest BCUT2D eigenvalue weighted by Crippen LogP contribution is 2.04. The highest BCUT2D eigenvalue weighted by molar-refractivity contribution is 7.89. The van der Waals surface area contributed by atoms with Crippen molar-refractivity contribution < 1.29 is 12.8 Å². The summed E-state index contributed by atoms with van der Waals surface area (Å²) in [6.07, 6.45) is 0. The third-order valence-electron chi connectivity index (χ3n) is 2.33. The van der Waals surface area contributed by atoms with Crippen molar-refractivity contribution in [2.45, 2.75) is 13.5 Å². The van der Waals surface area contributed by atoms with E-state index in [4.69, 9.17) is 5.14 Å². The lowest BCUT2D eigenvalue weighted by molar-refractivity contribution is 0.596. The maximum Gasteiger partial charge on any atom is 0.210 e. The fourth-order valence-corrected chi connectivity index (χ4v) is 1.85. The van der Waals surface area contributed by atoms with Crippen molar-refractivity contribution in [3.63, 3.8) is 0 Å². The molecular weight excluding hydrogens is 283 g/mol. The number of nitrogens with zero attached hydrogens (tertiary/aromatic N) is 1. The molecule has 0 radical (unpaired) electrons. The van der Waals surface area contributed by atoms with Gasteiger partial charge in [0.05, 0.1) is 12.3 Å². The number of nitrogens with one attached hydrogen (secondary N) is 2. The molecule has 0 aliphatic heterocycles. The molecule has 1 rings (SSSR count). The van der Waals surface area contributed by atoms with Gasteiger partial charge in [-0.25, -0.2) is 22.9 Å². The smallest absolute Gasteiger partial charge is 0.210 e. The first kappa shape index (κ1) is 16.4. The Kier molecular flexibility index (Phi) is 6.40.